The topological polar surface area (TPSA) is 59.5 Å². The van der Waals surface area contributed by atoms with Crippen LogP contribution in [0.25, 0.3) is 0 Å². The molecule has 0 aliphatic heterocycles. The van der Waals surface area contributed by atoms with E-state index < -0.39 is 0 Å². The van der Waals surface area contributed by atoms with Crippen LogP contribution in [0.3, 0.4) is 0 Å². The second kappa shape index (κ2) is 4.70. The largest absolute Gasteiger partial charge is 0.456 e. The molecule has 16 heavy (non-hydrogen) atoms. The van der Waals surface area contributed by atoms with Gasteiger partial charge >= 0.3 is 0 Å². The van der Waals surface area contributed by atoms with Crippen LogP contribution in [0.15, 0.2) is 16.5 Å². The Kier molecular flexibility index (Phi) is 3.29. The van der Waals surface area contributed by atoms with Crippen molar-refractivity contribution in [2.75, 3.05) is 13.1 Å². The summed E-state index contributed by atoms with van der Waals surface area (Å²) in [6.07, 6.45) is 2.99. The minimum absolute atomic E-state index is 0.0207. The summed E-state index contributed by atoms with van der Waals surface area (Å²) >= 11 is 0. The van der Waals surface area contributed by atoms with Gasteiger partial charge in [0.05, 0.1) is 0 Å². The SMILES string of the molecule is CCc1ccc(C(=O)N(CCN)C2CC2)o1. The molecule has 0 bridgehead atoms. The number of carbonyl (C=O) groups excluding carboxylic acids is 1. The van der Waals surface area contributed by atoms with Crippen molar-refractivity contribution in [2.45, 2.75) is 32.2 Å². The van der Waals surface area contributed by atoms with E-state index in [0.29, 0.717) is 24.9 Å². The molecule has 1 heterocycles. The van der Waals surface area contributed by atoms with Gasteiger partial charge in [-0.1, -0.05) is 6.92 Å². The fourth-order valence-corrected chi connectivity index (χ4v) is 1.80. The lowest BCUT2D eigenvalue weighted by atomic mass is 10.3. The summed E-state index contributed by atoms with van der Waals surface area (Å²) in [6, 6.07) is 4.00. The lowest BCUT2D eigenvalue weighted by Crippen LogP contribution is -2.36. The molecule has 1 saturated carbocycles. The number of hydrogen-bond acceptors (Lipinski definition) is 3. The Bertz CT molecular complexity index is 369. The van der Waals surface area contributed by atoms with Crippen LogP contribution in [0.1, 0.15) is 36.1 Å². The molecule has 88 valence electrons. The average Bonchev–Trinajstić information content (AvgIpc) is 3.02. The molecular weight excluding hydrogens is 204 g/mol. The van der Waals surface area contributed by atoms with E-state index in [-0.39, 0.29) is 5.91 Å². The number of aryl methyl sites for hydroxylation is 1. The molecule has 0 atom stereocenters. The predicted molar refractivity (Wildman–Crippen MR) is 61.2 cm³/mol. The zero-order valence-corrected chi connectivity index (χ0v) is 9.61. The summed E-state index contributed by atoms with van der Waals surface area (Å²) in [5.74, 6) is 1.27. The Morgan fingerprint density at radius 3 is 2.81 bits per heavy atom. The first-order valence-corrected chi connectivity index (χ1v) is 5.86. The molecule has 0 spiro atoms. The van der Waals surface area contributed by atoms with E-state index in [1.54, 1.807) is 6.07 Å². The molecule has 4 heteroatoms. The zero-order chi connectivity index (χ0) is 11.5. The number of nitrogens with two attached hydrogens (primary N) is 1. The minimum atomic E-state index is -0.0207. The van der Waals surface area contributed by atoms with Crippen molar-refractivity contribution in [3.8, 4) is 0 Å². The number of furan rings is 1. The van der Waals surface area contributed by atoms with Crippen LogP contribution in [-0.4, -0.2) is 29.9 Å². The summed E-state index contributed by atoms with van der Waals surface area (Å²) in [6.45, 7) is 3.13. The molecular formula is C12H18N2O2. The first kappa shape index (κ1) is 11.2. The van der Waals surface area contributed by atoms with Gasteiger partial charge in [0.2, 0.25) is 0 Å². The van der Waals surface area contributed by atoms with Gasteiger partial charge in [-0.15, -0.1) is 0 Å². The molecule has 1 aliphatic carbocycles. The number of carbonyl (C=O) groups is 1. The van der Waals surface area contributed by atoms with Gasteiger partial charge in [0.1, 0.15) is 5.76 Å². The smallest absolute Gasteiger partial charge is 0.289 e. The van der Waals surface area contributed by atoms with Crippen molar-refractivity contribution in [1.29, 1.82) is 0 Å². The maximum atomic E-state index is 12.1. The number of rotatable bonds is 5. The molecule has 1 aromatic rings. The number of hydrogen-bond donors (Lipinski definition) is 1. The summed E-state index contributed by atoms with van der Waals surface area (Å²) in [7, 11) is 0. The standard InChI is InChI=1S/C12H18N2O2/c1-2-10-5-6-11(16-10)12(15)14(8-7-13)9-3-4-9/h5-6,9H,2-4,7-8,13H2,1H3. The second-order valence-corrected chi connectivity index (χ2v) is 4.14. The Morgan fingerprint density at radius 1 is 1.56 bits per heavy atom. The third-order valence-corrected chi connectivity index (χ3v) is 2.84. The zero-order valence-electron chi connectivity index (χ0n) is 9.61. The van der Waals surface area contributed by atoms with E-state index in [4.69, 9.17) is 10.2 Å². The predicted octanol–water partition coefficient (Wildman–Crippen LogP) is 1.41. The summed E-state index contributed by atoms with van der Waals surface area (Å²) in [5, 5.41) is 0. The Balaban J connectivity index is 2.09. The summed E-state index contributed by atoms with van der Waals surface area (Å²) in [5.41, 5.74) is 5.52. The van der Waals surface area contributed by atoms with Crippen LogP contribution < -0.4 is 5.73 Å². The van der Waals surface area contributed by atoms with Gasteiger partial charge in [-0.2, -0.15) is 0 Å². The van der Waals surface area contributed by atoms with Crippen molar-refractivity contribution in [2.24, 2.45) is 5.73 Å². The van der Waals surface area contributed by atoms with Gasteiger partial charge in [0.15, 0.2) is 5.76 Å². The van der Waals surface area contributed by atoms with Crippen LogP contribution in [0.2, 0.25) is 0 Å². The molecule has 0 radical (unpaired) electrons. The molecule has 0 aromatic carbocycles. The van der Waals surface area contributed by atoms with E-state index in [1.807, 2.05) is 17.9 Å². The van der Waals surface area contributed by atoms with Crippen LogP contribution >= 0.6 is 0 Å². The Labute approximate surface area is 95.4 Å². The van der Waals surface area contributed by atoms with Crippen molar-refractivity contribution >= 4 is 5.91 Å². The van der Waals surface area contributed by atoms with Crippen molar-refractivity contribution < 1.29 is 9.21 Å². The molecule has 0 saturated heterocycles. The lowest BCUT2D eigenvalue weighted by Gasteiger charge is -2.20. The van der Waals surface area contributed by atoms with Gasteiger partial charge < -0.3 is 15.1 Å². The fourth-order valence-electron chi connectivity index (χ4n) is 1.80. The monoisotopic (exact) mass is 222 g/mol. The highest BCUT2D eigenvalue weighted by atomic mass is 16.4. The van der Waals surface area contributed by atoms with Crippen molar-refractivity contribution in [3.05, 3.63) is 23.7 Å². The van der Waals surface area contributed by atoms with E-state index in [1.165, 1.54) is 0 Å². The lowest BCUT2D eigenvalue weighted by molar-refractivity contribution is 0.0714. The van der Waals surface area contributed by atoms with Gasteiger partial charge in [0, 0.05) is 25.6 Å². The third kappa shape index (κ3) is 2.27. The van der Waals surface area contributed by atoms with Gasteiger partial charge in [-0.05, 0) is 25.0 Å². The number of nitrogens with zero attached hydrogens (tertiary/aromatic N) is 1. The third-order valence-electron chi connectivity index (χ3n) is 2.84. The second-order valence-electron chi connectivity index (χ2n) is 4.14. The highest BCUT2D eigenvalue weighted by Gasteiger charge is 2.33. The molecule has 2 N–H and O–H groups in total. The van der Waals surface area contributed by atoms with Gasteiger partial charge in [-0.3, -0.25) is 4.79 Å². The van der Waals surface area contributed by atoms with Gasteiger partial charge in [0.25, 0.3) is 5.91 Å². The maximum absolute atomic E-state index is 12.1. The van der Waals surface area contributed by atoms with Crippen molar-refractivity contribution in [3.63, 3.8) is 0 Å². The van der Waals surface area contributed by atoms with E-state index in [0.717, 1.165) is 25.0 Å². The van der Waals surface area contributed by atoms with E-state index in [2.05, 4.69) is 0 Å². The van der Waals surface area contributed by atoms with Crippen LogP contribution in [0, 0.1) is 0 Å². The molecule has 1 aromatic heterocycles. The molecule has 4 nitrogen and oxygen atoms in total. The van der Waals surface area contributed by atoms with Crippen LogP contribution in [0.5, 0.6) is 0 Å². The van der Waals surface area contributed by atoms with Crippen LogP contribution in [-0.2, 0) is 6.42 Å². The minimum Gasteiger partial charge on any atom is -0.456 e. The average molecular weight is 222 g/mol. The molecule has 1 amide bonds. The highest BCUT2D eigenvalue weighted by molar-refractivity contribution is 5.92. The first-order valence-electron chi connectivity index (χ1n) is 5.86. The Morgan fingerprint density at radius 2 is 2.31 bits per heavy atom. The van der Waals surface area contributed by atoms with E-state index >= 15 is 0 Å². The van der Waals surface area contributed by atoms with Crippen LogP contribution in [0.4, 0.5) is 0 Å². The highest BCUT2D eigenvalue weighted by Crippen LogP contribution is 2.28. The Hall–Kier alpha value is -1.29. The fraction of sp³-hybridized carbons (Fsp3) is 0.583. The van der Waals surface area contributed by atoms with Gasteiger partial charge in [-0.25, -0.2) is 0 Å². The first-order chi connectivity index (χ1) is 7.76. The molecule has 1 fully saturated rings. The molecule has 2 rings (SSSR count). The maximum Gasteiger partial charge on any atom is 0.289 e. The van der Waals surface area contributed by atoms with Crippen molar-refractivity contribution in [1.82, 2.24) is 4.90 Å². The number of amides is 1. The summed E-state index contributed by atoms with van der Waals surface area (Å²) < 4.78 is 5.47. The quantitative estimate of drug-likeness (QED) is 0.819. The molecule has 1 aliphatic rings. The molecule has 0 unspecified atom stereocenters. The summed E-state index contributed by atoms with van der Waals surface area (Å²) in [4.78, 5) is 14.0. The van der Waals surface area contributed by atoms with E-state index in [9.17, 15) is 4.79 Å². The normalized spacial score (nSPS) is 15.1.